The second-order valence-electron chi connectivity index (χ2n) is 6.35. The van der Waals surface area contributed by atoms with E-state index in [0.29, 0.717) is 19.7 Å². The summed E-state index contributed by atoms with van der Waals surface area (Å²) in [6.07, 6.45) is 2.93. The van der Waals surface area contributed by atoms with Crippen molar-refractivity contribution in [3.05, 3.63) is 18.2 Å². The molecular weight excluding hydrogens is 286 g/mol. The maximum atomic E-state index is 12.3. The Hall–Kier alpha value is -2.05. The number of ether oxygens (including phenoxy) is 2. The van der Waals surface area contributed by atoms with Crippen LogP contribution in [0.4, 0.5) is 4.79 Å². The zero-order valence-corrected chi connectivity index (χ0v) is 13.5. The minimum atomic E-state index is -0.580. The predicted molar refractivity (Wildman–Crippen MR) is 79.0 cm³/mol. The summed E-state index contributed by atoms with van der Waals surface area (Å²) in [5.41, 5.74) is 0.293. The summed E-state index contributed by atoms with van der Waals surface area (Å²) in [6, 6.07) is 0. The molecule has 0 bridgehead atoms. The number of amides is 1. The van der Waals surface area contributed by atoms with Gasteiger partial charge >= 0.3 is 12.1 Å². The smallest absolute Gasteiger partial charge is 0.410 e. The number of imidazole rings is 1. The number of hydrogen-bond donors (Lipinski definition) is 0. The van der Waals surface area contributed by atoms with Crippen LogP contribution in [0.15, 0.2) is 12.5 Å². The Bertz CT molecular complexity index is 547. The normalized spacial score (nSPS) is 18.4. The molecule has 0 fully saturated rings. The summed E-state index contributed by atoms with van der Waals surface area (Å²) in [5, 5.41) is 0. The lowest BCUT2D eigenvalue weighted by atomic mass is 10.1. The van der Waals surface area contributed by atoms with Crippen molar-refractivity contribution in [3.8, 4) is 0 Å². The molecule has 1 aromatic rings. The van der Waals surface area contributed by atoms with E-state index in [0.717, 1.165) is 5.69 Å². The SMILES string of the molecule is CCOC(=O)[C@H]1CN(C(=O)OC(C)(C)C)Cc2cncn2C1. The first kappa shape index (κ1) is 16.3. The van der Waals surface area contributed by atoms with Gasteiger partial charge in [-0.1, -0.05) is 0 Å². The molecule has 2 heterocycles. The van der Waals surface area contributed by atoms with E-state index in [1.54, 1.807) is 19.4 Å². The van der Waals surface area contributed by atoms with E-state index in [-0.39, 0.29) is 12.5 Å². The molecule has 0 unspecified atom stereocenters. The van der Waals surface area contributed by atoms with Crippen LogP contribution >= 0.6 is 0 Å². The minimum Gasteiger partial charge on any atom is -0.466 e. The van der Waals surface area contributed by atoms with E-state index in [1.165, 1.54) is 4.90 Å². The van der Waals surface area contributed by atoms with E-state index in [1.807, 2.05) is 25.3 Å². The van der Waals surface area contributed by atoms with Gasteiger partial charge in [-0.3, -0.25) is 4.79 Å². The number of nitrogens with zero attached hydrogens (tertiary/aromatic N) is 3. The quantitative estimate of drug-likeness (QED) is 0.779. The van der Waals surface area contributed by atoms with E-state index in [4.69, 9.17) is 9.47 Å². The lowest BCUT2D eigenvalue weighted by molar-refractivity contribution is -0.148. The molecule has 1 amide bonds. The molecule has 0 spiro atoms. The van der Waals surface area contributed by atoms with Crippen molar-refractivity contribution in [1.29, 1.82) is 0 Å². The van der Waals surface area contributed by atoms with Gasteiger partial charge in [0.25, 0.3) is 0 Å². The Morgan fingerprint density at radius 1 is 1.36 bits per heavy atom. The van der Waals surface area contributed by atoms with E-state index >= 15 is 0 Å². The van der Waals surface area contributed by atoms with Gasteiger partial charge in [-0.2, -0.15) is 0 Å². The highest BCUT2D eigenvalue weighted by atomic mass is 16.6. The predicted octanol–water partition coefficient (Wildman–Crippen LogP) is 1.81. The molecule has 1 aliphatic heterocycles. The van der Waals surface area contributed by atoms with Gasteiger partial charge in [-0.25, -0.2) is 9.78 Å². The first-order valence-corrected chi connectivity index (χ1v) is 7.43. The molecule has 0 radical (unpaired) electrons. The fourth-order valence-electron chi connectivity index (χ4n) is 2.34. The minimum absolute atomic E-state index is 0.273. The van der Waals surface area contributed by atoms with Crippen LogP contribution in [-0.4, -0.2) is 45.3 Å². The number of carbonyl (C=O) groups excluding carboxylic acids is 2. The van der Waals surface area contributed by atoms with Crippen molar-refractivity contribution < 1.29 is 19.1 Å². The molecule has 1 atom stereocenters. The van der Waals surface area contributed by atoms with Crippen molar-refractivity contribution in [3.63, 3.8) is 0 Å². The fourth-order valence-corrected chi connectivity index (χ4v) is 2.34. The molecule has 0 N–H and O–H groups in total. The molecule has 122 valence electrons. The van der Waals surface area contributed by atoms with Crippen LogP contribution in [0.25, 0.3) is 0 Å². The summed E-state index contributed by atoms with van der Waals surface area (Å²) in [4.78, 5) is 30.1. The van der Waals surface area contributed by atoms with Crippen LogP contribution in [-0.2, 0) is 27.4 Å². The average molecular weight is 309 g/mol. The van der Waals surface area contributed by atoms with Gasteiger partial charge in [0.05, 0.1) is 31.1 Å². The summed E-state index contributed by atoms with van der Waals surface area (Å²) in [5.74, 6) is -0.736. The van der Waals surface area contributed by atoms with Crippen LogP contribution in [0.2, 0.25) is 0 Å². The molecule has 0 saturated carbocycles. The third-order valence-electron chi connectivity index (χ3n) is 3.28. The Kier molecular flexibility index (Phi) is 4.73. The molecule has 1 aromatic heterocycles. The second kappa shape index (κ2) is 6.37. The van der Waals surface area contributed by atoms with Crippen molar-refractivity contribution in [2.24, 2.45) is 5.92 Å². The molecule has 0 aliphatic carbocycles. The Balaban J connectivity index is 2.20. The Morgan fingerprint density at radius 2 is 2.09 bits per heavy atom. The van der Waals surface area contributed by atoms with Crippen LogP contribution in [0.3, 0.4) is 0 Å². The highest BCUT2D eigenvalue weighted by molar-refractivity contribution is 5.74. The van der Waals surface area contributed by atoms with Gasteiger partial charge in [0, 0.05) is 19.3 Å². The third kappa shape index (κ3) is 3.99. The largest absolute Gasteiger partial charge is 0.466 e. The zero-order chi connectivity index (χ0) is 16.3. The van der Waals surface area contributed by atoms with Gasteiger partial charge < -0.3 is 18.9 Å². The topological polar surface area (TPSA) is 73.7 Å². The average Bonchev–Trinajstić information content (AvgIpc) is 2.74. The van der Waals surface area contributed by atoms with Gasteiger partial charge in [-0.05, 0) is 27.7 Å². The van der Waals surface area contributed by atoms with E-state index in [9.17, 15) is 9.59 Å². The summed E-state index contributed by atoms with van der Waals surface area (Å²) < 4.78 is 12.4. The molecule has 7 heteroatoms. The molecule has 1 aliphatic rings. The van der Waals surface area contributed by atoms with Gasteiger partial charge in [-0.15, -0.1) is 0 Å². The van der Waals surface area contributed by atoms with Gasteiger partial charge in [0.15, 0.2) is 0 Å². The second-order valence-corrected chi connectivity index (χ2v) is 6.35. The number of fused-ring (bicyclic) bond motifs is 1. The molecule has 2 rings (SSSR count). The third-order valence-corrected chi connectivity index (χ3v) is 3.28. The number of aromatic nitrogens is 2. The van der Waals surface area contributed by atoms with Crippen molar-refractivity contribution in [2.75, 3.05) is 13.2 Å². The highest BCUT2D eigenvalue weighted by Crippen LogP contribution is 2.20. The Morgan fingerprint density at radius 3 is 2.73 bits per heavy atom. The molecule has 7 nitrogen and oxygen atoms in total. The lowest BCUT2D eigenvalue weighted by Gasteiger charge is -2.27. The number of esters is 1. The summed E-state index contributed by atoms with van der Waals surface area (Å²) >= 11 is 0. The van der Waals surface area contributed by atoms with E-state index < -0.39 is 17.6 Å². The number of hydrogen-bond acceptors (Lipinski definition) is 5. The summed E-state index contributed by atoms with van der Waals surface area (Å²) in [7, 11) is 0. The standard InChI is InChI=1S/C15H23N3O4/c1-5-21-13(19)11-7-17(14(20)22-15(2,3)4)9-12-6-16-10-18(12)8-11/h6,10-11H,5,7-9H2,1-4H3/t11-/m0/s1. The maximum absolute atomic E-state index is 12.3. The number of rotatable bonds is 2. The van der Waals surface area contributed by atoms with Crippen LogP contribution < -0.4 is 0 Å². The highest BCUT2D eigenvalue weighted by Gasteiger charge is 2.32. The van der Waals surface area contributed by atoms with Gasteiger partial charge in [0.1, 0.15) is 5.60 Å². The Labute approximate surface area is 130 Å². The number of carbonyl (C=O) groups is 2. The first-order chi connectivity index (χ1) is 10.3. The first-order valence-electron chi connectivity index (χ1n) is 7.43. The molecule has 22 heavy (non-hydrogen) atoms. The van der Waals surface area contributed by atoms with Crippen molar-refractivity contribution in [1.82, 2.24) is 14.5 Å². The monoisotopic (exact) mass is 309 g/mol. The fraction of sp³-hybridized carbons (Fsp3) is 0.667. The lowest BCUT2D eigenvalue weighted by Crippen LogP contribution is -2.40. The molecule has 0 aromatic carbocycles. The summed E-state index contributed by atoms with van der Waals surface area (Å²) in [6.45, 7) is 8.62. The van der Waals surface area contributed by atoms with E-state index in [2.05, 4.69) is 4.98 Å². The maximum Gasteiger partial charge on any atom is 0.410 e. The van der Waals surface area contributed by atoms with Crippen LogP contribution in [0.1, 0.15) is 33.4 Å². The van der Waals surface area contributed by atoms with Crippen LogP contribution in [0.5, 0.6) is 0 Å². The molecule has 0 saturated heterocycles. The van der Waals surface area contributed by atoms with Crippen molar-refractivity contribution >= 4 is 12.1 Å². The van der Waals surface area contributed by atoms with Gasteiger partial charge in [0.2, 0.25) is 0 Å². The van der Waals surface area contributed by atoms with Crippen LogP contribution in [0, 0.1) is 5.92 Å². The molecular formula is C15H23N3O4. The van der Waals surface area contributed by atoms with Crippen molar-refractivity contribution in [2.45, 2.75) is 46.4 Å². The zero-order valence-electron chi connectivity index (χ0n) is 13.5.